The number of anilines is 1. The Morgan fingerprint density at radius 1 is 0.972 bits per heavy atom. The van der Waals surface area contributed by atoms with Gasteiger partial charge in [-0.15, -0.1) is 0 Å². The normalized spacial score (nSPS) is 10.6. The van der Waals surface area contributed by atoms with Gasteiger partial charge in [-0.1, -0.05) is 31.5 Å². The predicted molar refractivity (Wildman–Crippen MR) is 135 cm³/mol. The highest BCUT2D eigenvalue weighted by molar-refractivity contribution is 6.39. The van der Waals surface area contributed by atoms with E-state index in [0.29, 0.717) is 35.1 Å². The summed E-state index contributed by atoms with van der Waals surface area (Å²) in [6.07, 6.45) is 3.33. The fraction of sp³-hybridized carbons (Fsp3) is 0.222. The average Bonchev–Trinajstić information content (AvgIpc) is 2.89. The number of hydrogen-bond acceptors (Lipinski definition) is 6. The first-order valence-corrected chi connectivity index (χ1v) is 11.4. The van der Waals surface area contributed by atoms with Crippen molar-refractivity contribution in [1.82, 2.24) is 5.43 Å². The molecule has 0 bridgehead atoms. The van der Waals surface area contributed by atoms with Crippen molar-refractivity contribution < 1.29 is 28.2 Å². The van der Waals surface area contributed by atoms with Gasteiger partial charge in [0, 0.05) is 11.3 Å². The Balaban J connectivity index is 1.57. The monoisotopic (exact) mass is 493 g/mol. The molecule has 0 saturated carbocycles. The number of para-hydroxylation sites is 1. The van der Waals surface area contributed by atoms with E-state index in [4.69, 9.17) is 14.2 Å². The molecule has 0 aliphatic carbocycles. The van der Waals surface area contributed by atoms with Crippen molar-refractivity contribution in [2.45, 2.75) is 26.4 Å². The number of nitrogens with zero attached hydrogens (tertiary/aromatic N) is 1. The molecule has 0 aromatic heterocycles. The van der Waals surface area contributed by atoms with Crippen molar-refractivity contribution >= 4 is 23.7 Å². The molecule has 2 N–H and O–H groups in total. The molecule has 9 heteroatoms. The molecule has 188 valence electrons. The van der Waals surface area contributed by atoms with Gasteiger partial charge in [0.2, 0.25) is 0 Å². The van der Waals surface area contributed by atoms with Crippen LogP contribution in [0.1, 0.15) is 30.9 Å². The van der Waals surface area contributed by atoms with Crippen molar-refractivity contribution in [3.05, 3.63) is 83.7 Å². The summed E-state index contributed by atoms with van der Waals surface area (Å²) < 4.78 is 29.9. The summed E-state index contributed by atoms with van der Waals surface area (Å²) in [5.74, 6) is -0.625. The fourth-order valence-electron chi connectivity index (χ4n) is 3.05. The zero-order chi connectivity index (χ0) is 25.8. The fourth-order valence-corrected chi connectivity index (χ4v) is 3.05. The lowest BCUT2D eigenvalue weighted by Gasteiger charge is -2.13. The summed E-state index contributed by atoms with van der Waals surface area (Å²) in [7, 11) is 1.50. The Morgan fingerprint density at radius 3 is 2.42 bits per heavy atom. The van der Waals surface area contributed by atoms with Crippen LogP contribution in [-0.4, -0.2) is 31.7 Å². The number of carbonyl (C=O) groups is 2. The third-order valence-electron chi connectivity index (χ3n) is 4.98. The molecule has 3 aromatic rings. The highest BCUT2D eigenvalue weighted by Gasteiger charge is 2.14. The second-order valence-electron chi connectivity index (χ2n) is 7.67. The van der Waals surface area contributed by atoms with Gasteiger partial charge in [0.05, 0.1) is 19.9 Å². The summed E-state index contributed by atoms with van der Waals surface area (Å²) in [6.45, 7) is 2.87. The van der Waals surface area contributed by atoms with Crippen LogP contribution < -0.4 is 25.0 Å². The number of amides is 2. The molecule has 36 heavy (non-hydrogen) atoms. The van der Waals surface area contributed by atoms with Crippen molar-refractivity contribution in [2.75, 3.05) is 19.0 Å². The summed E-state index contributed by atoms with van der Waals surface area (Å²) in [4.78, 5) is 24.4. The third-order valence-corrected chi connectivity index (χ3v) is 4.98. The second kappa shape index (κ2) is 13.5. The molecule has 0 atom stereocenters. The average molecular weight is 494 g/mol. The Labute approximate surface area is 209 Å². The van der Waals surface area contributed by atoms with Gasteiger partial charge in [0.15, 0.2) is 11.5 Å². The summed E-state index contributed by atoms with van der Waals surface area (Å²) in [5, 5.41) is 6.38. The number of methoxy groups -OCH3 is 1. The van der Waals surface area contributed by atoms with Crippen LogP contribution in [-0.2, 0) is 16.2 Å². The summed E-state index contributed by atoms with van der Waals surface area (Å²) in [6, 6.07) is 17.8. The van der Waals surface area contributed by atoms with Crippen LogP contribution in [0.25, 0.3) is 0 Å². The van der Waals surface area contributed by atoms with E-state index in [1.807, 2.05) is 0 Å². The van der Waals surface area contributed by atoms with Gasteiger partial charge < -0.3 is 19.5 Å². The number of nitrogens with one attached hydrogen (secondary N) is 2. The van der Waals surface area contributed by atoms with Gasteiger partial charge >= 0.3 is 11.8 Å². The van der Waals surface area contributed by atoms with E-state index in [2.05, 4.69) is 22.8 Å². The lowest BCUT2D eigenvalue weighted by molar-refractivity contribution is -0.136. The summed E-state index contributed by atoms with van der Waals surface area (Å²) in [5.41, 5.74) is 3.92. The molecule has 0 aliphatic rings. The van der Waals surface area contributed by atoms with Crippen LogP contribution >= 0.6 is 0 Å². The van der Waals surface area contributed by atoms with Gasteiger partial charge in [0.1, 0.15) is 18.2 Å². The van der Waals surface area contributed by atoms with E-state index < -0.39 is 11.8 Å². The first-order chi connectivity index (χ1) is 17.5. The molecule has 0 aliphatic heterocycles. The van der Waals surface area contributed by atoms with E-state index in [-0.39, 0.29) is 12.4 Å². The molecule has 0 radical (unpaired) electrons. The van der Waals surface area contributed by atoms with Crippen molar-refractivity contribution in [1.29, 1.82) is 0 Å². The highest BCUT2D eigenvalue weighted by Crippen LogP contribution is 2.30. The molecular weight excluding hydrogens is 465 g/mol. The van der Waals surface area contributed by atoms with Gasteiger partial charge in [-0.05, 0) is 60.5 Å². The maximum absolute atomic E-state index is 13.1. The molecule has 0 spiro atoms. The Hall–Kier alpha value is -4.40. The van der Waals surface area contributed by atoms with E-state index in [9.17, 15) is 14.0 Å². The Kier molecular flexibility index (Phi) is 9.81. The maximum atomic E-state index is 13.1. The predicted octanol–water partition coefficient (Wildman–Crippen LogP) is 4.68. The minimum absolute atomic E-state index is 0.165. The standard InChI is InChI=1S/C27H28FN3O5/c1-3-4-16-35-23-14-12-22(13-15-23)30-26(32)27(33)31-29-17-20-6-5-7-24(34-2)25(20)36-18-19-8-10-21(28)11-9-19/h5-15,17H,3-4,16,18H2,1-2H3,(H,30,32)(H,31,33)/b29-17-. The first-order valence-electron chi connectivity index (χ1n) is 11.4. The van der Waals surface area contributed by atoms with Crippen molar-refractivity contribution in [2.24, 2.45) is 5.10 Å². The first kappa shape index (κ1) is 26.2. The topological polar surface area (TPSA) is 98.2 Å². The number of ether oxygens (including phenoxy) is 3. The quantitative estimate of drug-likeness (QED) is 0.175. The van der Waals surface area contributed by atoms with Crippen LogP contribution in [0, 0.1) is 5.82 Å². The third kappa shape index (κ3) is 7.83. The van der Waals surface area contributed by atoms with E-state index >= 15 is 0 Å². The Morgan fingerprint density at radius 2 is 1.72 bits per heavy atom. The number of hydrazone groups is 1. The van der Waals surface area contributed by atoms with Crippen LogP contribution in [0.3, 0.4) is 0 Å². The lowest BCUT2D eigenvalue weighted by Crippen LogP contribution is -2.32. The van der Waals surface area contributed by atoms with Crippen molar-refractivity contribution in [3.8, 4) is 17.2 Å². The van der Waals surface area contributed by atoms with Gasteiger partial charge in [-0.3, -0.25) is 9.59 Å². The van der Waals surface area contributed by atoms with Crippen LogP contribution in [0.4, 0.5) is 10.1 Å². The minimum Gasteiger partial charge on any atom is -0.494 e. The second-order valence-corrected chi connectivity index (χ2v) is 7.67. The molecule has 0 unspecified atom stereocenters. The number of hydrogen-bond donors (Lipinski definition) is 2. The number of benzene rings is 3. The van der Waals surface area contributed by atoms with E-state index in [0.717, 1.165) is 18.4 Å². The number of carbonyl (C=O) groups excluding carboxylic acids is 2. The molecular formula is C27H28FN3O5. The molecule has 0 heterocycles. The van der Waals surface area contributed by atoms with Gasteiger partial charge in [-0.25, -0.2) is 9.82 Å². The molecule has 3 aromatic carbocycles. The molecule has 0 saturated heterocycles. The van der Waals surface area contributed by atoms with E-state index in [1.54, 1.807) is 54.6 Å². The van der Waals surface area contributed by atoms with E-state index in [1.165, 1.54) is 25.5 Å². The highest BCUT2D eigenvalue weighted by atomic mass is 19.1. The molecule has 3 rings (SSSR count). The van der Waals surface area contributed by atoms with Crippen LogP contribution in [0.15, 0.2) is 71.8 Å². The van der Waals surface area contributed by atoms with Crippen molar-refractivity contribution in [3.63, 3.8) is 0 Å². The Bertz CT molecular complexity index is 1180. The lowest BCUT2D eigenvalue weighted by atomic mass is 10.2. The van der Waals surface area contributed by atoms with Crippen LogP contribution in [0.5, 0.6) is 17.2 Å². The number of rotatable bonds is 11. The molecule has 8 nitrogen and oxygen atoms in total. The van der Waals surface area contributed by atoms with Gasteiger partial charge in [-0.2, -0.15) is 5.10 Å². The number of unbranched alkanes of at least 4 members (excludes halogenated alkanes) is 1. The van der Waals surface area contributed by atoms with Gasteiger partial charge in [0.25, 0.3) is 0 Å². The zero-order valence-corrected chi connectivity index (χ0v) is 20.1. The maximum Gasteiger partial charge on any atom is 0.329 e. The zero-order valence-electron chi connectivity index (χ0n) is 20.1. The number of halogens is 1. The minimum atomic E-state index is -0.939. The SMILES string of the molecule is CCCCOc1ccc(NC(=O)C(=O)N/N=C\c2cccc(OC)c2OCc2ccc(F)cc2)cc1. The smallest absolute Gasteiger partial charge is 0.329 e. The largest absolute Gasteiger partial charge is 0.494 e. The molecule has 0 fully saturated rings. The molecule has 2 amide bonds. The van der Waals surface area contributed by atoms with Crippen LogP contribution in [0.2, 0.25) is 0 Å². The summed E-state index contributed by atoms with van der Waals surface area (Å²) >= 11 is 0.